The zero-order chi connectivity index (χ0) is 9.80. The molecule has 2 heteroatoms. The van der Waals surface area contributed by atoms with Gasteiger partial charge in [-0.1, -0.05) is 18.2 Å². The summed E-state index contributed by atoms with van der Waals surface area (Å²) < 4.78 is 5.64. The molecule has 0 amide bonds. The van der Waals surface area contributed by atoms with E-state index in [4.69, 9.17) is 4.74 Å². The Kier molecular flexibility index (Phi) is 3.35. The molecule has 1 heterocycles. The van der Waals surface area contributed by atoms with Crippen molar-refractivity contribution in [3.63, 3.8) is 0 Å². The molecule has 1 fully saturated rings. The lowest BCUT2D eigenvalue weighted by Gasteiger charge is -2.14. The zero-order valence-corrected chi connectivity index (χ0v) is 9.35. The Bertz CT molecular complexity index is 292. The topological polar surface area (TPSA) is 9.23 Å². The van der Waals surface area contributed by atoms with Crippen LogP contribution in [0.25, 0.3) is 0 Å². The molecular weight excluding hydrogens is 192 g/mol. The molecule has 0 N–H and O–H groups in total. The standard InChI is InChI=1S/C12H16OS/c1-2-13-11-7-4-3-6-10(11)12-8-5-9-14-12/h3-4,6-7,12H,2,5,8-9H2,1H3. The van der Waals surface area contributed by atoms with Gasteiger partial charge in [0.25, 0.3) is 0 Å². The van der Waals surface area contributed by atoms with Crippen molar-refractivity contribution >= 4 is 11.8 Å². The summed E-state index contributed by atoms with van der Waals surface area (Å²) in [5.74, 6) is 2.37. The number of ether oxygens (including phenoxy) is 1. The van der Waals surface area contributed by atoms with E-state index in [9.17, 15) is 0 Å². The predicted molar refractivity (Wildman–Crippen MR) is 62.0 cm³/mol. The Morgan fingerprint density at radius 3 is 3.00 bits per heavy atom. The lowest BCUT2D eigenvalue weighted by atomic mass is 10.1. The summed E-state index contributed by atoms with van der Waals surface area (Å²) in [7, 11) is 0. The summed E-state index contributed by atoms with van der Waals surface area (Å²) in [6.45, 7) is 2.80. The molecule has 0 radical (unpaired) electrons. The molecule has 76 valence electrons. The average molecular weight is 208 g/mol. The first kappa shape index (κ1) is 9.91. The van der Waals surface area contributed by atoms with Crippen LogP contribution in [-0.2, 0) is 0 Å². The zero-order valence-electron chi connectivity index (χ0n) is 8.53. The highest BCUT2D eigenvalue weighted by atomic mass is 32.2. The van der Waals surface area contributed by atoms with Crippen molar-refractivity contribution in [2.45, 2.75) is 25.0 Å². The molecule has 2 rings (SSSR count). The summed E-state index contributed by atoms with van der Waals surface area (Å²) >= 11 is 2.06. The Morgan fingerprint density at radius 2 is 2.29 bits per heavy atom. The van der Waals surface area contributed by atoms with Gasteiger partial charge in [0.05, 0.1) is 6.61 Å². The van der Waals surface area contributed by atoms with E-state index in [1.807, 2.05) is 13.0 Å². The Balaban J connectivity index is 2.21. The van der Waals surface area contributed by atoms with E-state index in [0.29, 0.717) is 5.25 Å². The Labute approximate surface area is 89.9 Å². The SMILES string of the molecule is CCOc1ccccc1C1CCCS1. The van der Waals surface area contributed by atoms with Crippen molar-refractivity contribution in [2.24, 2.45) is 0 Å². The number of benzene rings is 1. The summed E-state index contributed by atoms with van der Waals surface area (Å²) in [6.07, 6.45) is 2.64. The monoisotopic (exact) mass is 208 g/mol. The van der Waals surface area contributed by atoms with Gasteiger partial charge in [0.15, 0.2) is 0 Å². The molecule has 0 aromatic heterocycles. The van der Waals surface area contributed by atoms with E-state index < -0.39 is 0 Å². The molecule has 1 nitrogen and oxygen atoms in total. The van der Waals surface area contributed by atoms with E-state index in [1.165, 1.54) is 24.2 Å². The summed E-state index contributed by atoms with van der Waals surface area (Å²) in [5, 5.41) is 0.665. The summed E-state index contributed by atoms with van der Waals surface area (Å²) in [4.78, 5) is 0. The van der Waals surface area contributed by atoms with Crippen LogP contribution in [0.4, 0.5) is 0 Å². The smallest absolute Gasteiger partial charge is 0.123 e. The summed E-state index contributed by atoms with van der Waals surface area (Å²) in [6, 6.07) is 8.44. The molecule has 1 aliphatic heterocycles. The molecule has 1 unspecified atom stereocenters. The van der Waals surface area contributed by atoms with Crippen molar-refractivity contribution < 1.29 is 4.74 Å². The van der Waals surface area contributed by atoms with Crippen molar-refractivity contribution in [2.75, 3.05) is 12.4 Å². The van der Waals surface area contributed by atoms with Crippen LogP contribution in [0, 0.1) is 0 Å². The van der Waals surface area contributed by atoms with Crippen molar-refractivity contribution in [1.29, 1.82) is 0 Å². The third-order valence-corrected chi connectivity index (χ3v) is 3.91. The van der Waals surface area contributed by atoms with Crippen LogP contribution in [0.5, 0.6) is 5.75 Å². The van der Waals surface area contributed by atoms with Crippen LogP contribution < -0.4 is 4.74 Å². The van der Waals surface area contributed by atoms with Gasteiger partial charge in [-0.25, -0.2) is 0 Å². The first-order valence-corrected chi connectivity index (χ1v) is 6.30. The normalized spacial score (nSPS) is 21.1. The number of hydrogen-bond donors (Lipinski definition) is 0. The first-order chi connectivity index (χ1) is 6.92. The largest absolute Gasteiger partial charge is 0.494 e. The molecule has 14 heavy (non-hydrogen) atoms. The Morgan fingerprint density at radius 1 is 1.43 bits per heavy atom. The molecule has 0 saturated carbocycles. The van der Waals surface area contributed by atoms with Crippen molar-refractivity contribution in [3.8, 4) is 5.75 Å². The third kappa shape index (κ3) is 2.06. The van der Waals surface area contributed by atoms with Gasteiger partial charge < -0.3 is 4.74 Å². The van der Waals surface area contributed by atoms with Gasteiger partial charge in [-0.3, -0.25) is 0 Å². The lowest BCUT2D eigenvalue weighted by molar-refractivity contribution is 0.336. The second-order valence-corrected chi connectivity index (χ2v) is 4.78. The predicted octanol–water partition coefficient (Wildman–Crippen LogP) is 3.65. The minimum atomic E-state index is 0.665. The maximum atomic E-state index is 5.64. The number of rotatable bonds is 3. The highest BCUT2D eigenvalue weighted by Gasteiger charge is 2.20. The maximum Gasteiger partial charge on any atom is 0.123 e. The minimum absolute atomic E-state index is 0.665. The maximum absolute atomic E-state index is 5.64. The quantitative estimate of drug-likeness (QED) is 0.749. The second-order valence-electron chi connectivity index (χ2n) is 3.47. The third-order valence-electron chi connectivity index (χ3n) is 2.50. The van der Waals surface area contributed by atoms with E-state index in [-0.39, 0.29) is 0 Å². The van der Waals surface area contributed by atoms with E-state index in [0.717, 1.165) is 12.4 Å². The number of para-hydroxylation sites is 1. The van der Waals surface area contributed by atoms with Crippen LogP contribution in [0.1, 0.15) is 30.6 Å². The van der Waals surface area contributed by atoms with Crippen molar-refractivity contribution in [1.82, 2.24) is 0 Å². The molecule has 1 saturated heterocycles. The van der Waals surface area contributed by atoms with Gasteiger partial charge in [0.2, 0.25) is 0 Å². The molecule has 1 aromatic carbocycles. The van der Waals surface area contributed by atoms with Crippen LogP contribution >= 0.6 is 11.8 Å². The highest BCUT2D eigenvalue weighted by molar-refractivity contribution is 7.99. The summed E-state index contributed by atoms with van der Waals surface area (Å²) in [5.41, 5.74) is 1.39. The van der Waals surface area contributed by atoms with Gasteiger partial charge in [-0.05, 0) is 31.6 Å². The van der Waals surface area contributed by atoms with Crippen LogP contribution in [0.3, 0.4) is 0 Å². The van der Waals surface area contributed by atoms with Crippen molar-refractivity contribution in [3.05, 3.63) is 29.8 Å². The van der Waals surface area contributed by atoms with Gasteiger partial charge in [-0.2, -0.15) is 11.8 Å². The first-order valence-electron chi connectivity index (χ1n) is 5.25. The molecule has 0 spiro atoms. The van der Waals surface area contributed by atoms with Crippen LogP contribution in [-0.4, -0.2) is 12.4 Å². The van der Waals surface area contributed by atoms with Gasteiger partial charge in [0, 0.05) is 10.8 Å². The average Bonchev–Trinajstić information content (AvgIpc) is 2.72. The Hall–Kier alpha value is -0.630. The fourth-order valence-corrected chi connectivity index (χ4v) is 3.18. The molecule has 1 aromatic rings. The molecule has 1 aliphatic rings. The number of hydrogen-bond acceptors (Lipinski definition) is 2. The van der Waals surface area contributed by atoms with Crippen LogP contribution in [0.15, 0.2) is 24.3 Å². The van der Waals surface area contributed by atoms with Gasteiger partial charge >= 0.3 is 0 Å². The highest BCUT2D eigenvalue weighted by Crippen LogP contribution is 2.43. The number of thioether (sulfide) groups is 1. The fourth-order valence-electron chi connectivity index (χ4n) is 1.86. The minimum Gasteiger partial charge on any atom is -0.494 e. The molecule has 1 atom stereocenters. The van der Waals surface area contributed by atoms with E-state index in [2.05, 4.69) is 30.0 Å². The second kappa shape index (κ2) is 4.74. The fraction of sp³-hybridized carbons (Fsp3) is 0.500. The molecule has 0 bridgehead atoms. The lowest BCUT2D eigenvalue weighted by Crippen LogP contribution is -1.98. The molecule has 0 aliphatic carbocycles. The van der Waals surface area contributed by atoms with E-state index in [1.54, 1.807) is 0 Å². The molecular formula is C12H16OS. The van der Waals surface area contributed by atoms with Gasteiger partial charge in [0.1, 0.15) is 5.75 Å². The van der Waals surface area contributed by atoms with Crippen LogP contribution in [0.2, 0.25) is 0 Å². The van der Waals surface area contributed by atoms with Gasteiger partial charge in [-0.15, -0.1) is 0 Å². The van der Waals surface area contributed by atoms with E-state index >= 15 is 0 Å².